The normalized spacial score (nSPS) is 14.3. The lowest BCUT2D eigenvalue weighted by Crippen LogP contribution is -2.35. The molecule has 1 aliphatic rings. The van der Waals surface area contributed by atoms with E-state index in [1.165, 1.54) is 19.1 Å². The molecular formula is C24H31FN4O3. The second kappa shape index (κ2) is 11.5. The van der Waals surface area contributed by atoms with Crippen LogP contribution in [0.15, 0.2) is 30.6 Å². The van der Waals surface area contributed by atoms with Gasteiger partial charge in [-0.15, -0.1) is 0 Å². The lowest BCUT2D eigenvalue weighted by molar-refractivity contribution is -0.116. The summed E-state index contributed by atoms with van der Waals surface area (Å²) in [4.78, 5) is 34.0. The van der Waals surface area contributed by atoms with Crippen LogP contribution in [-0.2, 0) is 11.2 Å². The first kappa shape index (κ1) is 23.6. The van der Waals surface area contributed by atoms with E-state index in [0.717, 1.165) is 56.7 Å². The number of rotatable bonds is 10. The van der Waals surface area contributed by atoms with Gasteiger partial charge in [0.2, 0.25) is 5.95 Å². The Morgan fingerprint density at radius 1 is 1.22 bits per heavy atom. The number of anilines is 1. The number of amides is 1. The van der Waals surface area contributed by atoms with Gasteiger partial charge in [0.15, 0.2) is 0 Å². The van der Waals surface area contributed by atoms with Crippen molar-refractivity contribution in [2.75, 3.05) is 31.1 Å². The van der Waals surface area contributed by atoms with Crippen LogP contribution < -0.4 is 15.0 Å². The Morgan fingerprint density at radius 2 is 1.94 bits per heavy atom. The van der Waals surface area contributed by atoms with Gasteiger partial charge in [-0.25, -0.2) is 14.4 Å². The first-order chi connectivity index (χ1) is 15.5. The molecule has 0 saturated carbocycles. The molecule has 7 nitrogen and oxygen atoms in total. The Labute approximate surface area is 188 Å². The summed E-state index contributed by atoms with van der Waals surface area (Å²) in [6.45, 7) is 5.74. The molecule has 8 heteroatoms. The van der Waals surface area contributed by atoms with Crippen molar-refractivity contribution in [3.63, 3.8) is 0 Å². The zero-order valence-electron chi connectivity index (χ0n) is 18.8. The van der Waals surface area contributed by atoms with Crippen molar-refractivity contribution in [1.82, 2.24) is 15.3 Å². The van der Waals surface area contributed by atoms with E-state index in [4.69, 9.17) is 4.74 Å². The van der Waals surface area contributed by atoms with Gasteiger partial charge in [-0.2, -0.15) is 0 Å². The number of ether oxygens (including phenoxy) is 1. The smallest absolute Gasteiger partial charge is 0.254 e. The molecule has 0 spiro atoms. The van der Waals surface area contributed by atoms with E-state index in [1.807, 2.05) is 12.4 Å². The zero-order valence-corrected chi connectivity index (χ0v) is 18.8. The summed E-state index contributed by atoms with van der Waals surface area (Å²) in [5.41, 5.74) is 1.05. The number of halogens is 1. The second-order valence-corrected chi connectivity index (χ2v) is 8.19. The maximum Gasteiger partial charge on any atom is 0.254 e. The van der Waals surface area contributed by atoms with Crippen LogP contribution in [0.3, 0.4) is 0 Å². The molecule has 0 unspecified atom stereocenters. The molecule has 1 fully saturated rings. The summed E-state index contributed by atoms with van der Waals surface area (Å²) in [7, 11) is 0. The van der Waals surface area contributed by atoms with E-state index in [0.29, 0.717) is 18.3 Å². The van der Waals surface area contributed by atoms with E-state index < -0.39 is 11.7 Å². The maximum atomic E-state index is 14.2. The number of carbonyl (C=O) groups is 2. The highest BCUT2D eigenvalue weighted by atomic mass is 19.1. The molecule has 2 aromatic rings. The highest BCUT2D eigenvalue weighted by Crippen LogP contribution is 2.24. The molecule has 1 aromatic heterocycles. The first-order valence-corrected chi connectivity index (χ1v) is 11.2. The van der Waals surface area contributed by atoms with Crippen molar-refractivity contribution >= 4 is 17.6 Å². The van der Waals surface area contributed by atoms with E-state index in [-0.39, 0.29) is 17.9 Å². The number of carbonyl (C=O) groups excluding carboxylic acids is 2. The summed E-state index contributed by atoms with van der Waals surface area (Å²) in [5, 5.41) is 2.39. The molecule has 0 bridgehead atoms. The number of Topliss-reactive ketones (excluding diaryl/α,β-unsaturated/α-hetero) is 1. The van der Waals surface area contributed by atoms with Crippen LogP contribution in [0.4, 0.5) is 10.3 Å². The minimum atomic E-state index is -0.662. The minimum Gasteiger partial charge on any atom is -0.493 e. The highest BCUT2D eigenvalue weighted by Gasteiger charge is 2.20. The molecule has 1 amide bonds. The highest BCUT2D eigenvalue weighted by molar-refractivity contribution is 5.96. The molecule has 1 saturated heterocycles. The second-order valence-electron chi connectivity index (χ2n) is 8.19. The lowest BCUT2D eigenvalue weighted by atomic mass is 9.92. The fourth-order valence-electron chi connectivity index (χ4n) is 3.75. The Morgan fingerprint density at radius 3 is 2.56 bits per heavy atom. The first-order valence-electron chi connectivity index (χ1n) is 11.2. The molecule has 1 aromatic carbocycles. The van der Waals surface area contributed by atoms with Crippen LogP contribution in [0.5, 0.6) is 5.75 Å². The number of nitrogens with one attached hydrogen (secondary N) is 1. The standard InChI is InChI=1S/C24H31FN4O3/c1-3-18-15-27-24(28-16-18)29-10-8-19(9-11-29)5-4-12-32-20-6-7-21(22(25)13-20)23(31)26-14-17(2)30/h6-7,13,15-16,19H,3-5,8-12,14H2,1-2H3,(H,26,31). The number of hydrogen-bond donors (Lipinski definition) is 1. The van der Waals surface area contributed by atoms with E-state index >= 15 is 0 Å². The van der Waals surface area contributed by atoms with Gasteiger partial charge in [-0.1, -0.05) is 6.92 Å². The van der Waals surface area contributed by atoms with Gasteiger partial charge in [0.25, 0.3) is 5.91 Å². The summed E-state index contributed by atoms with van der Waals surface area (Å²) in [6, 6.07) is 4.17. The van der Waals surface area contributed by atoms with Crippen LogP contribution in [0.2, 0.25) is 0 Å². The van der Waals surface area contributed by atoms with Gasteiger partial charge in [-0.3, -0.25) is 9.59 Å². The van der Waals surface area contributed by atoms with Crippen molar-refractivity contribution in [2.45, 2.75) is 46.0 Å². The molecule has 0 aliphatic carbocycles. The third-order valence-electron chi connectivity index (χ3n) is 5.71. The third-order valence-corrected chi connectivity index (χ3v) is 5.71. The Hall–Kier alpha value is -3.03. The molecule has 0 atom stereocenters. The number of aryl methyl sites for hydroxylation is 1. The Bertz CT molecular complexity index is 912. The van der Waals surface area contributed by atoms with Crippen molar-refractivity contribution in [2.24, 2.45) is 5.92 Å². The van der Waals surface area contributed by atoms with Crippen LogP contribution >= 0.6 is 0 Å². The average Bonchev–Trinajstić information content (AvgIpc) is 2.81. The molecular weight excluding hydrogens is 411 g/mol. The monoisotopic (exact) mass is 442 g/mol. The fraction of sp³-hybridized carbons (Fsp3) is 0.500. The number of nitrogens with zero attached hydrogens (tertiary/aromatic N) is 3. The quantitative estimate of drug-likeness (QED) is 0.567. The topological polar surface area (TPSA) is 84.4 Å². The van der Waals surface area contributed by atoms with Crippen molar-refractivity contribution in [1.29, 1.82) is 0 Å². The Kier molecular flexibility index (Phi) is 8.53. The molecule has 0 radical (unpaired) electrons. The molecule has 1 aliphatic heterocycles. The van der Waals surface area contributed by atoms with Crippen LogP contribution in [0.1, 0.15) is 55.5 Å². The van der Waals surface area contributed by atoms with Crippen molar-refractivity contribution in [3.8, 4) is 5.75 Å². The number of piperidine rings is 1. The average molecular weight is 443 g/mol. The van der Waals surface area contributed by atoms with Crippen molar-refractivity contribution in [3.05, 3.63) is 47.5 Å². The molecule has 3 rings (SSSR count). The van der Waals surface area contributed by atoms with Crippen LogP contribution in [-0.4, -0.2) is 47.9 Å². The van der Waals surface area contributed by atoms with Crippen molar-refractivity contribution < 1.29 is 18.7 Å². The van der Waals surface area contributed by atoms with Gasteiger partial charge < -0.3 is 15.0 Å². The number of aromatic nitrogens is 2. The molecule has 2 heterocycles. The maximum absolute atomic E-state index is 14.2. The summed E-state index contributed by atoms with van der Waals surface area (Å²) >= 11 is 0. The third kappa shape index (κ3) is 6.73. The van der Waals surface area contributed by atoms with E-state index in [9.17, 15) is 14.0 Å². The van der Waals surface area contributed by atoms with Gasteiger partial charge in [0.05, 0.1) is 18.7 Å². The number of benzene rings is 1. The van der Waals surface area contributed by atoms with Gasteiger partial charge >= 0.3 is 0 Å². The summed E-state index contributed by atoms with van der Waals surface area (Å²) < 4.78 is 19.9. The SMILES string of the molecule is CCc1cnc(N2CCC(CCCOc3ccc(C(=O)NCC(C)=O)c(F)c3)CC2)nc1. The number of ketones is 1. The summed E-state index contributed by atoms with van der Waals surface area (Å²) in [5.74, 6) is 0.377. The van der Waals surface area contributed by atoms with Gasteiger partial charge in [0.1, 0.15) is 17.3 Å². The minimum absolute atomic E-state index is 0.0985. The Balaban J connectivity index is 1.37. The number of hydrogen-bond acceptors (Lipinski definition) is 6. The van der Waals surface area contributed by atoms with E-state index in [2.05, 4.69) is 27.1 Å². The summed E-state index contributed by atoms with van der Waals surface area (Å²) in [6.07, 6.45) is 8.87. The van der Waals surface area contributed by atoms with Crippen LogP contribution in [0.25, 0.3) is 0 Å². The predicted molar refractivity (Wildman–Crippen MR) is 120 cm³/mol. The zero-order chi connectivity index (χ0) is 22.9. The predicted octanol–water partition coefficient (Wildman–Crippen LogP) is 3.57. The molecule has 32 heavy (non-hydrogen) atoms. The fourth-order valence-corrected chi connectivity index (χ4v) is 3.75. The lowest BCUT2D eigenvalue weighted by Gasteiger charge is -2.32. The van der Waals surface area contributed by atoms with E-state index in [1.54, 1.807) is 6.07 Å². The van der Waals surface area contributed by atoms with Gasteiger partial charge in [0, 0.05) is 31.5 Å². The van der Waals surface area contributed by atoms with Crippen LogP contribution in [0, 0.1) is 11.7 Å². The van der Waals surface area contributed by atoms with Gasteiger partial charge in [-0.05, 0) is 62.6 Å². The largest absolute Gasteiger partial charge is 0.493 e. The molecule has 1 N–H and O–H groups in total. The molecule has 172 valence electrons.